The average Bonchev–Trinajstić information content (AvgIpc) is 2.91. The van der Waals surface area contributed by atoms with E-state index >= 15 is 0 Å². The monoisotopic (exact) mass is 308 g/mol. The van der Waals surface area contributed by atoms with Gasteiger partial charge in [0.15, 0.2) is 0 Å². The standard InChI is InChI=1S/C14H17ClN4S/c15-11-4-3-5-12(13(11)14(16)20)18-6-1-2-8-19-9-7-17-10-19/h3-5,7,9-10,18H,1-2,6,8H2,(H2,16,20). The maximum absolute atomic E-state index is 6.11. The predicted molar refractivity (Wildman–Crippen MR) is 87.3 cm³/mol. The molecule has 0 spiro atoms. The summed E-state index contributed by atoms with van der Waals surface area (Å²) in [6, 6.07) is 5.62. The largest absolute Gasteiger partial charge is 0.389 e. The fraction of sp³-hybridized carbons (Fsp3) is 0.286. The number of hydrogen-bond donors (Lipinski definition) is 2. The molecule has 0 aliphatic rings. The molecule has 0 saturated heterocycles. The van der Waals surface area contributed by atoms with Crippen LogP contribution in [0.3, 0.4) is 0 Å². The summed E-state index contributed by atoms with van der Waals surface area (Å²) in [6.07, 6.45) is 7.71. The number of halogens is 1. The summed E-state index contributed by atoms with van der Waals surface area (Å²) in [4.78, 5) is 4.33. The molecule has 0 bridgehead atoms. The third kappa shape index (κ3) is 3.95. The van der Waals surface area contributed by atoms with Crippen LogP contribution in [0.25, 0.3) is 0 Å². The first-order valence-electron chi connectivity index (χ1n) is 6.46. The second-order valence-corrected chi connectivity index (χ2v) is 5.31. The minimum atomic E-state index is 0.316. The van der Waals surface area contributed by atoms with Gasteiger partial charge in [-0.15, -0.1) is 0 Å². The van der Waals surface area contributed by atoms with E-state index in [1.54, 1.807) is 12.3 Å². The molecule has 0 radical (unpaired) electrons. The zero-order valence-electron chi connectivity index (χ0n) is 11.1. The van der Waals surface area contributed by atoms with Crippen LogP contribution in [0.15, 0.2) is 36.9 Å². The second kappa shape index (κ2) is 7.26. The van der Waals surface area contributed by atoms with Crippen LogP contribution in [0.4, 0.5) is 5.69 Å². The van der Waals surface area contributed by atoms with Gasteiger partial charge in [-0.2, -0.15) is 0 Å². The van der Waals surface area contributed by atoms with Crippen molar-refractivity contribution in [2.75, 3.05) is 11.9 Å². The van der Waals surface area contributed by atoms with Crippen LogP contribution in [0.1, 0.15) is 18.4 Å². The van der Waals surface area contributed by atoms with Crippen molar-refractivity contribution >= 4 is 34.5 Å². The van der Waals surface area contributed by atoms with E-state index in [0.29, 0.717) is 10.0 Å². The van der Waals surface area contributed by atoms with Gasteiger partial charge in [-0.25, -0.2) is 4.98 Å². The van der Waals surface area contributed by atoms with Gasteiger partial charge in [0.25, 0.3) is 0 Å². The molecule has 0 aliphatic carbocycles. The number of aromatic nitrogens is 2. The number of nitrogens with one attached hydrogen (secondary N) is 1. The minimum absolute atomic E-state index is 0.316. The number of imidazole rings is 1. The lowest BCUT2D eigenvalue weighted by atomic mass is 10.1. The highest BCUT2D eigenvalue weighted by Crippen LogP contribution is 2.24. The lowest BCUT2D eigenvalue weighted by molar-refractivity contribution is 0.621. The number of nitrogens with two attached hydrogens (primary N) is 1. The molecular weight excluding hydrogens is 292 g/mol. The van der Waals surface area contributed by atoms with Gasteiger partial charge in [0.05, 0.1) is 16.9 Å². The Kier molecular flexibility index (Phi) is 5.38. The predicted octanol–water partition coefficient (Wildman–Crippen LogP) is 3.06. The molecule has 1 heterocycles. The first-order valence-corrected chi connectivity index (χ1v) is 7.25. The Hall–Kier alpha value is -1.59. The number of hydrogen-bond acceptors (Lipinski definition) is 3. The van der Waals surface area contributed by atoms with Gasteiger partial charge in [-0.05, 0) is 25.0 Å². The van der Waals surface area contributed by atoms with Crippen molar-refractivity contribution in [2.45, 2.75) is 19.4 Å². The van der Waals surface area contributed by atoms with Crippen LogP contribution in [0, 0.1) is 0 Å². The van der Waals surface area contributed by atoms with E-state index in [4.69, 9.17) is 29.6 Å². The van der Waals surface area contributed by atoms with Gasteiger partial charge in [0, 0.05) is 31.2 Å². The Morgan fingerprint density at radius 1 is 1.40 bits per heavy atom. The van der Waals surface area contributed by atoms with Crippen molar-refractivity contribution in [3.63, 3.8) is 0 Å². The third-order valence-corrected chi connectivity index (χ3v) is 3.50. The van der Waals surface area contributed by atoms with E-state index in [2.05, 4.69) is 14.9 Å². The van der Waals surface area contributed by atoms with Crippen molar-refractivity contribution < 1.29 is 0 Å². The Morgan fingerprint density at radius 2 is 2.25 bits per heavy atom. The molecule has 0 fully saturated rings. The van der Waals surface area contributed by atoms with E-state index in [9.17, 15) is 0 Å². The molecular formula is C14H17ClN4S. The summed E-state index contributed by atoms with van der Waals surface area (Å²) in [7, 11) is 0. The minimum Gasteiger partial charge on any atom is -0.389 e. The molecule has 2 aromatic rings. The van der Waals surface area contributed by atoms with Crippen LogP contribution < -0.4 is 11.1 Å². The van der Waals surface area contributed by atoms with Crippen LogP contribution in [0.2, 0.25) is 5.02 Å². The molecule has 0 amide bonds. The first kappa shape index (κ1) is 14.8. The number of rotatable bonds is 7. The lowest BCUT2D eigenvalue weighted by Gasteiger charge is -2.12. The number of aryl methyl sites for hydroxylation is 1. The molecule has 0 atom stereocenters. The van der Waals surface area contributed by atoms with Gasteiger partial charge in [-0.3, -0.25) is 0 Å². The van der Waals surface area contributed by atoms with Crippen molar-refractivity contribution in [3.05, 3.63) is 47.5 Å². The molecule has 0 unspecified atom stereocenters. The maximum atomic E-state index is 6.11. The topological polar surface area (TPSA) is 55.9 Å². The average molecular weight is 309 g/mol. The Labute approximate surface area is 129 Å². The second-order valence-electron chi connectivity index (χ2n) is 4.46. The lowest BCUT2D eigenvalue weighted by Crippen LogP contribution is -2.14. The fourth-order valence-electron chi connectivity index (χ4n) is 1.98. The van der Waals surface area contributed by atoms with E-state index < -0.39 is 0 Å². The summed E-state index contributed by atoms with van der Waals surface area (Å²) in [6.45, 7) is 1.82. The summed E-state index contributed by atoms with van der Waals surface area (Å²) < 4.78 is 2.07. The number of unbranched alkanes of at least 4 members (excludes halogenated alkanes) is 1. The van der Waals surface area contributed by atoms with Crippen molar-refractivity contribution in [3.8, 4) is 0 Å². The quantitative estimate of drug-likeness (QED) is 0.610. The van der Waals surface area contributed by atoms with Crippen LogP contribution in [-0.4, -0.2) is 21.1 Å². The molecule has 0 aliphatic heterocycles. The maximum Gasteiger partial charge on any atom is 0.107 e. The van der Waals surface area contributed by atoms with Crippen molar-refractivity contribution in [1.82, 2.24) is 9.55 Å². The summed E-state index contributed by atoms with van der Waals surface area (Å²) in [5.41, 5.74) is 7.32. The number of benzene rings is 1. The van der Waals surface area contributed by atoms with Gasteiger partial charge in [-0.1, -0.05) is 29.9 Å². The number of thiocarbonyl (C=S) groups is 1. The molecule has 3 N–H and O–H groups in total. The highest BCUT2D eigenvalue weighted by Gasteiger charge is 2.08. The molecule has 2 rings (SSSR count). The molecule has 4 nitrogen and oxygen atoms in total. The van der Waals surface area contributed by atoms with Crippen molar-refractivity contribution in [2.24, 2.45) is 5.73 Å². The number of anilines is 1. The first-order chi connectivity index (χ1) is 9.68. The molecule has 0 saturated carbocycles. The van der Waals surface area contributed by atoms with Crippen LogP contribution >= 0.6 is 23.8 Å². The van der Waals surface area contributed by atoms with E-state index in [-0.39, 0.29) is 0 Å². The fourth-order valence-corrected chi connectivity index (χ4v) is 2.54. The Bertz CT molecular complexity index is 569. The third-order valence-electron chi connectivity index (χ3n) is 2.98. The van der Waals surface area contributed by atoms with E-state index in [0.717, 1.165) is 37.2 Å². The zero-order valence-corrected chi connectivity index (χ0v) is 12.6. The van der Waals surface area contributed by atoms with Crippen LogP contribution in [-0.2, 0) is 6.54 Å². The molecule has 1 aromatic carbocycles. The Balaban J connectivity index is 1.82. The van der Waals surface area contributed by atoms with Gasteiger partial charge >= 0.3 is 0 Å². The molecule has 20 heavy (non-hydrogen) atoms. The van der Waals surface area contributed by atoms with Gasteiger partial charge in [0.1, 0.15) is 4.99 Å². The van der Waals surface area contributed by atoms with Gasteiger partial charge in [0.2, 0.25) is 0 Å². The van der Waals surface area contributed by atoms with Gasteiger partial charge < -0.3 is 15.6 Å². The zero-order chi connectivity index (χ0) is 14.4. The SMILES string of the molecule is NC(=S)c1c(Cl)cccc1NCCCCn1ccnc1. The smallest absolute Gasteiger partial charge is 0.107 e. The molecule has 1 aromatic heterocycles. The van der Waals surface area contributed by atoms with E-state index in [1.807, 2.05) is 24.7 Å². The summed E-state index contributed by atoms with van der Waals surface area (Å²) in [5, 5.41) is 3.92. The molecule has 6 heteroatoms. The highest BCUT2D eigenvalue weighted by atomic mass is 35.5. The summed E-state index contributed by atoms with van der Waals surface area (Å²) in [5.74, 6) is 0. The van der Waals surface area contributed by atoms with Crippen molar-refractivity contribution in [1.29, 1.82) is 0 Å². The normalized spacial score (nSPS) is 10.4. The van der Waals surface area contributed by atoms with Crippen LogP contribution in [0.5, 0.6) is 0 Å². The van der Waals surface area contributed by atoms with E-state index in [1.165, 1.54) is 0 Å². The Morgan fingerprint density at radius 3 is 2.95 bits per heavy atom. The number of nitrogens with zero attached hydrogens (tertiary/aromatic N) is 2. The molecule has 106 valence electrons. The highest BCUT2D eigenvalue weighted by molar-refractivity contribution is 7.80. The summed E-state index contributed by atoms with van der Waals surface area (Å²) >= 11 is 11.2.